The molecule has 2 aromatic rings. The molecule has 0 atom stereocenters. The first-order valence-corrected chi connectivity index (χ1v) is 8.92. The van der Waals surface area contributed by atoms with Crippen LogP contribution in [0, 0.1) is 6.92 Å². The molecule has 0 bridgehead atoms. The molecule has 2 heteroatoms. The molecule has 0 saturated heterocycles. The molecule has 0 fully saturated rings. The Kier molecular flexibility index (Phi) is 6.48. The van der Waals surface area contributed by atoms with E-state index in [0.29, 0.717) is 0 Å². The fourth-order valence-electron chi connectivity index (χ4n) is 3.07. The summed E-state index contributed by atoms with van der Waals surface area (Å²) >= 11 is 0. The van der Waals surface area contributed by atoms with Crippen molar-refractivity contribution < 1.29 is 0 Å². The zero-order valence-electron chi connectivity index (χ0n) is 15.5. The van der Waals surface area contributed by atoms with Crippen LogP contribution in [0.2, 0.25) is 0 Å². The van der Waals surface area contributed by atoms with Crippen LogP contribution in [0.25, 0.3) is 5.70 Å². The molecular formula is C22H30N2. The molecule has 0 radical (unpaired) electrons. The number of benzene rings is 2. The van der Waals surface area contributed by atoms with E-state index in [1.807, 2.05) is 0 Å². The van der Waals surface area contributed by atoms with E-state index >= 15 is 0 Å². The van der Waals surface area contributed by atoms with E-state index in [1.165, 1.54) is 22.5 Å². The first kappa shape index (κ1) is 18.1. The number of hydrogen-bond donors (Lipinski definition) is 0. The fraction of sp³-hybridized carbons (Fsp3) is 0.364. The molecular weight excluding hydrogens is 292 g/mol. The number of nitrogens with zero attached hydrogens (tertiary/aromatic N) is 2. The predicted octanol–water partition coefficient (Wildman–Crippen LogP) is 5.73. The van der Waals surface area contributed by atoms with Crippen molar-refractivity contribution in [3.63, 3.8) is 0 Å². The minimum absolute atomic E-state index is 1.03. The van der Waals surface area contributed by atoms with Gasteiger partial charge < -0.3 is 9.80 Å². The first-order chi connectivity index (χ1) is 11.6. The first-order valence-electron chi connectivity index (χ1n) is 8.92. The second-order valence-corrected chi connectivity index (χ2v) is 6.33. The van der Waals surface area contributed by atoms with Crippen LogP contribution >= 0.6 is 0 Å². The molecule has 0 heterocycles. The lowest BCUT2D eigenvalue weighted by Gasteiger charge is -2.27. The Bertz CT molecular complexity index is 669. The Morgan fingerprint density at radius 3 is 2.25 bits per heavy atom. The molecule has 2 aromatic carbocycles. The zero-order chi connectivity index (χ0) is 17.5. The summed E-state index contributed by atoms with van der Waals surface area (Å²) in [4.78, 5) is 4.64. The van der Waals surface area contributed by atoms with Gasteiger partial charge in [-0.25, -0.2) is 0 Å². The molecule has 0 aliphatic heterocycles. The van der Waals surface area contributed by atoms with E-state index in [0.717, 1.165) is 31.6 Å². The number of rotatable bonds is 8. The highest BCUT2D eigenvalue weighted by Crippen LogP contribution is 2.28. The molecule has 0 saturated carbocycles. The SMILES string of the molecule is C=C(c1cccc(N(CCC)CCC)c1)N(C)c1ccccc1C. The second-order valence-electron chi connectivity index (χ2n) is 6.33. The van der Waals surface area contributed by atoms with Gasteiger partial charge in [-0.15, -0.1) is 0 Å². The maximum atomic E-state index is 4.34. The minimum atomic E-state index is 1.03. The molecule has 128 valence electrons. The highest BCUT2D eigenvalue weighted by molar-refractivity contribution is 5.80. The second kappa shape index (κ2) is 8.58. The average Bonchev–Trinajstić information content (AvgIpc) is 2.61. The monoisotopic (exact) mass is 322 g/mol. The lowest BCUT2D eigenvalue weighted by atomic mass is 10.1. The number of aryl methyl sites for hydroxylation is 1. The summed E-state index contributed by atoms with van der Waals surface area (Å²) in [5.41, 5.74) is 5.95. The quantitative estimate of drug-likeness (QED) is 0.612. The Hall–Kier alpha value is -2.22. The molecule has 0 unspecified atom stereocenters. The summed E-state index contributed by atoms with van der Waals surface area (Å²) in [6, 6.07) is 17.2. The van der Waals surface area contributed by atoms with Crippen molar-refractivity contribution in [2.45, 2.75) is 33.6 Å². The van der Waals surface area contributed by atoms with Crippen molar-refractivity contribution in [3.8, 4) is 0 Å². The summed E-state index contributed by atoms with van der Waals surface area (Å²) in [7, 11) is 2.09. The van der Waals surface area contributed by atoms with Crippen LogP contribution in [0.5, 0.6) is 0 Å². The van der Waals surface area contributed by atoms with Crippen molar-refractivity contribution in [1.82, 2.24) is 0 Å². The third-order valence-electron chi connectivity index (χ3n) is 4.41. The summed E-state index contributed by atoms with van der Waals surface area (Å²) in [6.45, 7) is 13.1. The molecule has 0 amide bonds. The van der Waals surface area contributed by atoms with Gasteiger partial charge >= 0.3 is 0 Å². The molecule has 0 aliphatic carbocycles. The van der Waals surface area contributed by atoms with Crippen molar-refractivity contribution >= 4 is 17.1 Å². The van der Waals surface area contributed by atoms with Crippen LogP contribution in [0.4, 0.5) is 11.4 Å². The van der Waals surface area contributed by atoms with Gasteiger partial charge in [0.05, 0.1) is 0 Å². The minimum Gasteiger partial charge on any atom is -0.372 e. The summed E-state index contributed by atoms with van der Waals surface area (Å²) in [5.74, 6) is 0. The third-order valence-corrected chi connectivity index (χ3v) is 4.41. The average molecular weight is 322 g/mol. The van der Waals surface area contributed by atoms with Gasteiger partial charge in [-0.05, 0) is 49.1 Å². The van der Waals surface area contributed by atoms with E-state index in [2.05, 4.69) is 92.7 Å². The summed E-state index contributed by atoms with van der Waals surface area (Å²) < 4.78 is 0. The van der Waals surface area contributed by atoms with Gasteiger partial charge in [-0.1, -0.05) is 50.8 Å². The molecule has 0 aliphatic rings. The van der Waals surface area contributed by atoms with Crippen LogP contribution in [-0.4, -0.2) is 20.1 Å². The number of hydrogen-bond acceptors (Lipinski definition) is 2. The third kappa shape index (κ3) is 4.19. The Labute approximate surface area is 147 Å². The van der Waals surface area contributed by atoms with Crippen molar-refractivity contribution in [2.24, 2.45) is 0 Å². The highest BCUT2D eigenvalue weighted by Gasteiger charge is 2.11. The maximum absolute atomic E-state index is 4.34. The van der Waals surface area contributed by atoms with Gasteiger partial charge in [0.25, 0.3) is 0 Å². The maximum Gasteiger partial charge on any atom is 0.0437 e. The van der Waals surface area contributed by atoms with E-state index in [1.54, 1.807) is 0 Å². The molecule has 0 spiro atoms. The van der Waals surface area contributed by atoms with E-state index < -0.39 is 0 Å². The standard InChI is InChI=1S/C22H30N2/c1-6-15-24(16-7-2)21-13-10-12-20(17-21)19(4)23(5)22-14-9-8-11-18(22)3/h8-14,17H,4,6-7,15-16H2,1-3,5H3. The van der Waals surface area contributed by atoms with Gasteiger partial charge in [0.1, 0.15) is 0 Å². The van der Waals surface area contributed by atoms with Crippen LogP contribution in [-0.2, 0) is 0 Å². The molecule has 0 N–H and O–H groups in total. The summed E-state index contributed by atoms with van der Waals surface area (Å²) in [6.07, 6.45) is 2.32. The molecule has 2 rings (SSSR count). The van der Waals surface area contributed by atoms with Crippen molar-refractivity contribution in [3.05, 3.63) is 66.2 Å². The number of anilines is 2. The fourth-order valence-corrected chi connectivity index (χ4v) is 3.07. The molecule has 2 nitrogen and oxygen atoms in total. The highest BCUT2D eigenvalue weighted by atomic mass is 15.1. The van der Waals surface area contributed by atoms with E-state index in [4.69, 9.17) is 0 Å². The van der Waals surface area contributed by atoms with Gasteiger partial charge in [0, 0.05) is 37.2 Å². The van der Waals surface area contributed by atoms with Crippen LogP contribution < -0.4 is 9.80 Å². The largest absolute Gasteiger partial charge is 0.372 e. The number of para-hydroxylation sites is 1. The Balaban J connectivity index is 2.27. The normalized spacial score (nSPS) is 10.5. The van der Waals surface area contributed by atoms with Gasteiger partial charge in [-0.3, -0.25) is 0 Å². The van der Waals surface area contributed by atoms with Crippen LogP contribution in [0.15, 0.2) is 55.1 Å². The van der Waals surface area contributed by atoms with E-state index in [-0.39, 0.29) is 0 Å². The van der Waals surface area contributed by atoms with Gasteiger partial charge in [0.2, 0.25) is 0 Å². The molecule has 24 heavy (non-hydrogen) atoms. The van der Waals surface area contributed by atoms with Crippen LogP contribution in [0.1, 0.15) is 37.8 Å². The van der Waals surface area contributed by atoms with E-state index in [9.17, 15) is 0 Å². The Morgan fingerprint density at radius 1 is 0.958 bits per heavy atom. The summed E-state index contributed by atoms with van der Waals surface area (Å²) in [5, 5.41) is 0. The zero-order valence-corrected chi connectivity index (χ0v) is 15.5. The van der Waals surface area contributed by atoms with Gasteiger partial charge in [0.15, 0.2) is 0 Å². The topological polar surface area (TPSA) is 6.48 Å². The Morgan fingerprint density at radius 2 is 1.62 bits per heavy atom. The predicted molar refractivity (Wildman–Crippen MR) is 108 cm³/mol. The van der Waals surface area contributed by atoms with Crippen molar-refractivity contribution in [2.75, 3.05) is 29.9 Å². The van der Waals surface area contributed by atoms with Gasteiger partial charge in [-0.2, -0.15) is 0 Å². The molecule has 0 aromatic heterocycles. The smallest absolute Gasteiger partial charge is 0.0437 e. The van der Waals surface area contributed by atoms with Crippen molar-refractivity contribution in [1.29, 1.82) is 0 Å². The lowest BCUT2D eigenvalue weighted by molar-refractivity contribution is 0.745. The van der Waals surface area contributed by atoms with Crippen LogP contribution in [0.3, 0.4) is 0 Å². The lowest BCUT2D eigenvalue weighted by Crippen LogP contribution is -2.25.